The average Bonchev–Trinajstić information content (AvgIpc) is 2.56. The van der Waals surface area contributed by atoms with E-state index in [2.05, 4.69) is 51.2 Å². The van der Waals surface area contributed by atoms with Gasteiger partial charge in [-0.1, -0.05) is 48.5 Å². The van der Waals surface area contributed by atoms with Crippen molar-refractivity contribution in [2.45, 2.75) is 0 Å². The first-order valence-corrected chi connectivity index (χ1v) is 7.42. The van der Waals surface area contributed by atoms with Crippen molar-refractivity contribution in [3.63, 3.8) is 0 Å². The molecule has 2 nitrogen and oxygen atoms in total. The molecular formula is C18H14BrNO. The first kappa shape index (κ1) is 13.8. The van der Waals surface area contributed by atoms with Gasteiger partial charge in [-0.15, -0.1) is 0 Å². The quantitative estimate of drug-likeness (QED) is 0.655. The summed E-state index contributed by atoms with van der Waals surface area (Å²) in [6, 6.07) is 20.6. The zero-order valence-electron chi connectivity index (χ0n) is 11.6. The van der Waals surface area contributed by atoms with Crippen LogP contribution in [0.25, 0.3) is 22.4 Å². The van der Waals surface area contributed by atoms with E-state index in [1.165, 1.54) is 11.1 Å². The molecule has 3 heteroatoms. The van der Waals surface area contributed by atoms with Gasteiger partial charge in [0.25, 0.3) is 0 Å². The number of aromatic nitrogens is 1. The van der Waals surface area contributed by atoms with Gasteiger partial charge in [-0.05, 0) is 33.1 Å². The molecule has 0 aliphatic rings. The van der Waals surface area contributed by atoms with Crippen LogP contribution in [0.3, 0.4) is 0 Å². The Balaban J connectivity index is 2.04. The molecule has 0 bridgehead atoms. The second kappa shape index (κ2) is 6.10. The molecule has 0 aliphatic carbocycles. The van der Waals surface area contributed by atoms with Gasteiger partial charge in [-0.2, -0.15) is 0 Å². The standard InChI is InChI=1S/C18H14BrNO/c1-21-18-11-17(20-12-16(18)19)15-9-5-8-14(10-15)13-6-3-2-4-7-13/h2-12H,1H3. The van der Waals surface area contributed by atoms with Crippen molar-refractivity contribution in [2.75, 3.05) is 7.11 Å². The van der Waals surface area contributed by atoms with Crippen LogP contribution < -0.4 is 4.74 Å². The number of methoxy groups -OCH3 is 1. The Morgan fingerprint density at radius 3 is 2.33 bits per heavy atom. The maximum absolute atomic E-state index is 5.34. The number of nitrogens with zero attached hydrogens (tertiary/aromatic N) is 1. The summed E-state index contributed by atoms with van der Waals surface area (Å²) in [6.45, 7) is 0. The molecule has 0 aliphatic heterocycles. The zero-order chi connectivity index (χ0) is 14.7. The molecule has 104 valence electrons. The minimum Gasteiger partial charge on any atom is -0.495 e. The topological polar surface area (TPSA) is 22.1 Å². The number of ether oxygens (including phenoxy) is 1. The molecule has 0 unspecified atom stereocenters. The number of hydrogen-bond acceptors (Lipinski definition) is 2. The lowest BCUT2D eigenvalue weighted by atomic mass is 10.0. The van der Waals surface area contributed by atoms with Crippen LogP contribution in [-0.2, 0) is 0 Å². The summed E-state index contributed by atoms with van der Waals surface area (Å²) in [5.41, 5.74) is 4.34. The first-order chi connectivity index (χ1) is 10.3. The number of halogens is 1. The van der Waals surface area contributed by atoms with Crippen LogP contribution in [0, 0.1) is 0 Å². The van der Waals surface area contributed by atoms with Gasteiger partial charge in [0.1, 0.15) is 5.75 Å². The monoisotopic (exact) mass is 339 g/mol. The predicted molar refractivity (Wildman–Crippen MR) is 89.4 cm³/mol. The Labute approximate surface area is 132 Å². The largest absolute Gasteiger partial charge is 0.495 e. The molecule has 0 amide bonds. The molecule has 1 aromatic heterocycles. The van der Waals surface area contributed by atoms with Gasteiger partial charge in [-0.3, -0.25) is 4.98 Å². The van der Waals surface area contributed by atoms with Crippen LogP contribution in [0.5, 0.6) is 5.75 Å². The fourth-order valence-corrected chi connectivity index (χ4v) is 2.60. The SMILES string of the molecule is COc1cc(-c2cccc(-c3ccccc3)c2)ncc1Br. The van der Waals surface area contributed by atoms with E-state index in [-0.39, 0.29) is 0 Å². The van der Waals surface area contributed by atoms with E-state index in [1.807, 2.05) is 30.3 Å². The molecule has 21 heavy (non-hydrogen) atoms. The lowest BCUT2D eigenvalue weighted by Gasteiger charge is -2.08. The van der Waals surface area contributed by atoms with Crippen molar-refractivity contribution < 1.29 is 4.74 Å². The molecule has 0 saturated carbocycles. The second-order valence-corrected chi connectivity index (χ2v) is 5.51. The number of rotatable bonds is 3. The molecule has 1 heterocycles. The van der Waals surface area contributed by atoms with Crippen LogP contribution in [0.15, 0.2) is 71.3 Å². The Kier molecular flexibility index (Phi) is 4.02. The normalized spacial score (nSPS) is 10.4. The summed E-state index contributed by atoms with van der Waals surface area (Å²) in [6.07, 6.45) is 1.77. The van der Waals surface area contributed by atoms with Gasteiger partial charge >= 0.3 is 0 Å². The molecule has 0 fully saturated rings. The van der Waals surface area contributed by atoms with Gasteiger partial charge in [0.2, 0.25) is 0 Å². The third kappa shape index (κ3) is 2.98. The number of benzene rings is 2. The summed E-state index contributed by atoms with van der Waals surface area (Å²) in [7, 11) is 1.66. The first-order valence-electron chi connectivity index (χ1n) is 6.63. The maximum atomic E-state index is 5.34. The molecule has 0 atom stereocenters. The lowest BCUT2D eigenvalue weighted by molar-refractivity contribution is 0.412. The van der Waals surface area contributed by atoms with E-state index in [1.54, 1.807) is 13.3 Å². The predicted octanol–water partition coefficient (Wildman–Crippen LogP) is 5.19. The molecule has 0 N–H and O–H groups in total. The molecule has 0 radical (unpaired) electrons. The summed E-state index contributed by atoms with van der Waals surface area (Å²) in [5, 5.41) is 0. The van der Waals surface area contributed by atoms with Crippen LogP contribution in [-0.4, -0.2) is 12.1 Å². The van der Waals surface area contributed by atoms with E-state index < -0.39 is 0 Å². The molecule has 2 aromatic carbocycles. The summed E-state index contributed by atoms with van der Waals surface area (Å²) >= 11 is 3.43. The minimum atomic E-state index is 0.783. The molecule has 0 spiro atoms. The van der Waals surface area contributed by atoms with Crippen molar-refractivity contribution in [1.82, 2.24) is 4.98 Å². The summed E-state index contributed by atoms with van der Waals surface area (Å²) < 4.78 is 6.19. The number of pyridine rings is 1. The van der Waals surface area contributed by atoms with E-state index in [0.717, 1.165) is 21.5 Å². The summed E-state index contributed by atoms with van der Waals surface area (Å²) in [4.78, 5) is 4.47. The van der Waals surface area contributed by atoms with Crippen molar-refractivity contribution in [3.05, 3.63) is 71.3 Å². The molecule has 3 aromatic rings. The van der Waals surface area contributed by atoms with Crippen molar-refractivity contribution in [2.24, 2.45) is 0 Å². The van der Waals surface area contributed by atoms with Crippen LogP contribution >= 0.6 is 15.9 Å². The highest BCUT2D eigenvalue weighted by atomic mass is 79.9. The Morgan fingerprint density at radius 2 is 1.57 bits per heavy atom. The van der Waals surface area contributed by atoms with Gasteiger partial charge < -0.3 is 4.74 Å². The van der Waals surface area contributed by atoms with Crippen molar-refractivity contribution in [1.29, 1.82) is 0 Å². The highest BCUT2D eigenvalue weighted by Gasteiger charge is 2.06. The Morgan fingerprint density at radius 1 is 0.857 bits per heavy atom. The fraction of sp³-hybridized carbons (Fsp3) is 0.0556. The van der Waals surface area contributed by atoms with Gasteiger partial charge in [0.15, 0.2) is 0 Å². The Bertz CT molecular complexity index is 756. The summed E-state index contributed by atoms with van der Waals surface area (Å²) in [5.74, 6) is 0.783. The second-order valence-electron chi connectivity index (χ2n) is 4.65. The van der Waals surface area contributed by atoms with Crippen LogP contribution in [0.1, 0.15) is 0 Å². The zero-order valence-corrected chi connectivity index (χ0v) is 13.2. The van der Waals surface area contributed by atoms with Gasteiger partial charge in [-0.25, -0.2) is 0 Å². The van der Waals surface area contributed by atoms with Crippen LogP contribution in [0.4, 0.5) is 0 Å². The van der Waals surface area contributed by atoms with E-state index in [4.69, 9.17) is 4.74 Å². The lowest BCUT2D eigenvalue weighted by Crippen LogP contribution is -1.89. The average molecular weight is 340 g/mol. The maximum Gasteiger partial charge on any atom is 0.136 e. The van der Waals surface area contributed by atoms with Gasteiger partial charge in [0.05, 0.1) is 17.3 Å². The fourth-order valence-electron chi connectivity index (χ4n) is 2.22. The van der Waals surface area contributed by atoms with Gasteiger partial charge in [0, 0.05) is 17.8 Å². The molecule has 0 saturated heterocycles. The van der Waals surface area contributed by atoms with E-state index >= 15 is 0 Å². The number of hydrogen-bond donors (Lipinski definition) is 0. The van der Waals surface area contributed by atoms with Crippen molar-refractivity contribution in [3.8, 4) is 28.1 Å². The Hall–Kier alpha value is -2.13. The third-order valence-corrected chi connectivity index (χ3v) is 3.90. The smallest absolute Gasteiger partial charge is 0.136 e. The highest BCUT2D eigenvalue weighted by molar-refractivity contribution is 9.10. The minimum absolute atomic E-state index is 0.783. The van der Waals surface area contributed by atoms with E-state index in [0.29, 0.717) is 0 Å². The molecule has 3 rings (SSSR count). The van der Waals surface area contributed by atoms with Crippen LogP contribution in [0.2, 0.25) is 0 Å². The van der Waals surface area contributed by atoms with E-state index in [9.17, 15) is 0 Å². The highest BCUT2D eigenvalue weighted by Crippen LogP contribution is 2.30. The van der Waals surface area contributed by atoms with Crippen molar-refractivity contribution >= 4 is 15.9 Å². The molecular weight excluding hydrogens is 326 g/mol. The third-order valence-electron chi connectivity index (χ3n) is 3.31.